The second kappa shape index (κ2) is 25.5. The average Bonchev–Trinajstić information content (AvgIpc) is 3.30. The molecule has 1 rings (SSSR count). The molecule has 0 atom stereocenters. The van der Waals surface area contributed by atoms with Crippen molar-refractivity contribution in [1.29, 1.82) is 0 Å². The summed E-state index contributed by atoms with van der Waals surface area (Å²) in [5, 5.41) is 0. The topological polar surface area (TPSA) is 8.81 Å². The molecule has 218 valence electrons. The monoisotopic (exact) mass is 518 g/mol. The third kappa shape index (κ3) is 19.0. The normalized spacial score (nSPS) is 11.7. The van der Waals surface area contributed by atoms with E-state index in [-0.39, 0.29) is 0 Å². The molecule has 1 aromatic heterocycles. The van der Waals surface area contributed by atoms with Crippen molar-refractivity contribution < 1.29 is 4.57 Å². The molecule has 0 radical (unpaired) electrons. The lowest BCUT2D eigenvalue weighted by Crippen LogP contribution is -2.38. The average molecular weight is 518 g/mol. The summed E-state index contributed by atoms with van der Waals surface area (Å²) in [6.07, 6.45) is 40.5. The van der Waals surface area contributed by atoms with Crippen LogP contribution in [0.4, 0.5) is 0 Å². The number of rotatable bonds is 28. The quantitative estimate of drug-likeness (QED) is 0.0771. The van der Waals surface area contributed by atoms with E-state index in [1.165, 1.54) is 174 Å². The summed E-state index contributed by atoms with van der Waals surface area (Å²) in [5.74, 6) is 2.15. The van der Waals surface area contributed by atoms with Crippen LogP contribution in [0.1, 0.15) is 200 Å². The summed E-state index contributed by atoms with van der Waals surface area (Å²) in [7, 11) is 0. The molecule has 1 aromatic rings. The van der Waals surface area contributed by atoms with Crippen molar-refractivity contribution in [3.63, 3.8) is 0 Å². The lowest BCUT2D eigenvalue weighted by molar-refractivity contribution is -0.705. The first-order valence-corrected chi connectivity index (χ1v) is 17.3. The van der Waals surface area contributed by atoms with Gasteiger partial charge in [-0.15, -0.1) is 0 Å². The molecule has 0 aliphatic rings. The van der Waals surface area contributed by atoms with Crippen LogP contribution in [0.5, 0.6) is 0 Å². The number of hydrogen-bond donors (Lipinski definition) is 0. The highest BCUT2D eigenvalue weighted by atomic mass is 15.1. The summed E-state index contributed by atoms with van der Waals surface area (Å²) < 4.78 is 5.11. The van der Waals surface area contributed by atoms with E-state index >= 15 is 0 Å². The van der Waals surface area contributed by atoms with E-state index in [2.05, 4.69) is 49.2 Å². The number of aryl methyl sites for hydroxylation is 2. The Bertz CT molecular complexity index is 588. The van der Waals surface area contributed by atoms with Crippen LogP contribution in [0, 0.1) is 0 Å². The van der Waals surface area contributed by atoms with Gasteiger partial charge in [0.25, 0.3) is 5.82 Å². The molecule has 1 heterocycles. The van der Waals surface area contributed by atoms with Gasteiger partial charge in [-0.3, -0.25) is 0 Å². The molecule has 0 aliphatic carbocycles. The van der Waals surface area contributed by atoms with Crippen LogP contribution >= 0.6 is 0 Å². The zero-order valence-electron chi connectivity index (χ0n) is 26.2. The van der Waals surface area contributed by atoms with Gasteiger partial charge in [0.1, 0.15) is 12.4 Å². The van der Waals surface area contributed by atoms with Gasteiger partial charge < -0.3 is 0 Å². The molecule has 2 heteroatoms. The van der Waals surface area contributed by atoms with Gasteiger partial charge in [0.05, 0.1) is 19.0 Å². The van der Waals surface area contributed by atoms with E-state index in [0.29, 0.717) is 5.92 Å². The molecule has 37 heavy (non-hydrogen) atoms. The van der Waals surface area contributed by atoms with E-state index in [1.54, 1.807) is 5.82 Å². The van der Waals surface area contributed by atoms with E-state index in [0.717, 1.165) is 0 Å². The molecule has 0 bridgehead atoms. The molecule has 0 aromatic carbocycles. The second-order valence-corrected chi connectivity index (χ2v) is 12.3. The summed E-state index contributed by atoms with van der Waals surface area (Å²) in [5.41, 5.74) is 0. The minimum atomic E-state index is 0.606. The van der Waals surface area contributed by atoms with Crippen molar-refractivity contribution in [3.8, 4) is 0 Å². The fraction of sp³-hybridized carbons (Fsp3) is 0.914. The second-order valence-electron chi connectivity index (χ2n) is 12.3. The highest BCUT2D eigenvalue weighted by molar-refractivity contribution is 4.89. The molecule has 0 spiro atoms. The van der Waals surface area contributed by atoms with Crippen molar-refractivity contribution in [2.45, 2.75) is 207 Å². The summed E-state index contributed by atoms with van der Waals surface area (Å²) in [4.78, 5) is 0. The molecule has 0 saturated carbocycles. The van der Waals surface area contributed by atoms with Crippen molar-refractivity contribution in [2.75, 3.05) is 0 Å². The molecular formula is C35H69N2+. The minimum absolute atomic E-state index is 0.606. The summed E-state index contributed by atoms with van der Waals surface area (Å²) >= 11 is 0. The Hall–Kier alpha value is -0.790. The zero-order valence-corrected chi connectivity index (χ0v) is 26.2. The predicted molar refractivity (Wildman–Crippen MR) is 165 cm³/mol. The Kier molecular flexibility index (Phi) is 23.6. The molecule has 0 aliphatic heterocycles. The first-order valence-electron chi connectivity index (χ1n) is 17.3. The predicted octanol–water partition coefficient (Wildman–Crippen LogP) is 11.7. The molecule has 0 saturated heterocycles. The van der Waals surface area contributed by atoms with Crippen LogP contribution in [0.2, 0.25) is 0 Å². The van der Waals surface area contributed by atoms with Crippen LogP contribution in [0.25, 0.3) is 0 Å². The Morgan fingerprint density at radius 2 is 0.865 bits per heavy atom. The van der Waals surface area contributed by atoms with Crippen LogP contribution in [0.3, 0.4) is 0 Å². The molecule has 0 unspecified atom stereocenters. The van der Waals surface area contributed by atoms with Crippen LogP contribution in [0.15, 0.2) is 12.4 Å². The van der Waals surface area contributed by atoms with Crippen molar-refractivity contribution in [1.82, 2.24) is 4.57 Å². The summed E-state index contributed by atoms with van der Waals surface area (Å²) in [6.45, 7) is 11.7. The van der Waals surface area contributed by atoms with Gasteiger partial charge in [-0.05, 0) is 25.7 Å². The third-order valence-electron chi connectivity index (χ3n) is 8.29. The highest BCUT2D eigenvalue weighted by Crippen LogP contribution is 2.16. The highest BCUT2D eigenvalue weighted by Gasteiger charge is 2.20. The number of hydrogen-bond acceptors (Lipinski definition) is 0. The van der Waals surface area contributed by atoms with E-state index < -0.39 is 0 Å². The summed E-state index contributed by atoms with van der Waals surface area (Å²) in [6, 6.07) is 0. The molecule has 0 N–H and O–H groups in total. The van der Waals surface area contributed by atoms with Gasteiger partial charge in [0.2, 0.25) is 0 Å². The van der Waals surface area contributed by atoms with E-state index in [9.17, 15) is 0 Å². The van der Waals surface area contributed by atoms with Crippen molar-refractivity contribution in [2.24, 2.45) is 0 Å². The van der Waals surface area contributed by atoms with Crippen molar-refractivity contribution in [3.05, 3.63) is 18.2 Å². The maximum absolute atomic E-state index is 2.56. The SMILES string of the molecule is CCCCCCCCCCCCCCCCCCC[n+]1ccn(CCCCCCCCCC)c1C(C)C. The van der Waals surface area contributed by atoms with Gasteiger partial charge in [-0.1, -0.05) is 163 Å². The van der Waals surface area contributed by atoms with Gasteiger partial charge in [-0.25, -0.2) is 9.13 Å². The van der Waals surface area contributed by atoms with Crippen LogP contribution in [-0.4, -0.2) is 4.57 Å². The molecule has 2 nitrogen and oxygen atoms in total. The fourth-order valence-electron chi connectivity index (χ4n) is 5.94. The number of aromatic nitrogens is 2. The molecular weight excluding hydrogens is 448 g/mol. The van der Waals surface area contributed by atoms with Crippen molar-refractivity contribution >= 4 is 0 Å². The maximum atomic E-state index is 2.56. The lowest BCUT2D eigenvalue weighted by atomic mass is 10.0. The Labute approximate surface area is 234 Å². The Morgan fingerprint density at radius 1 is 0.514 bits per heavy atom. The minimum Gasteiger partial charge on any atom is -0.234 e. The number of imidazole rings is 1. The zero-order chi connectivity index (χ0) is 26.8. The standard InChI is InChI=1S/C35H69N2/c1-5-7-9-11-13-15-16-17-18-19-20-21-22-23-25-27-29-31-37-33-32-36(35(37)34(3)4)30-28-26-24-14-12-10-8-6-2/h32-34H,5-31H2,1-4H3/q+1. The Morgan fingerprint density at radius 3 is 1.24 bits per heavy atom. The molecule has 0 amide bonds. The number of nitrogens with zero attached hydrogens (tertiary/aromatic N) is 2. The van der Waals surface area contributed by atoms with Gasteiger partial charge in [-0.2, -0.15) is 0 Å². The van der Waals surface area contributed by atoms with Gasteiger partial charge in [0.15, 0.2) is 0 Å². The van der Waals surface area contributed by atoms with E-state index in [1.807, 2.05) is 0 Å². The third-order valence-corrected chi connectivity index (χ3v) is 8.29. The molecule has 0 fully saturated rings. The van der Waals surface area contributed by atoms with Gasteiger partial charge >= 0.3 is 0 Å². The van der Waals surface area contributed by atoms with Crippen LogP contribution in [-0.2, 0) is 13.1 Å². The van der Waals surface area contributed by atoms with Gasteiger partial charge in [0, 0.05) is 0 Å². The first kappa shape index (κ1) is 34.2. The lowest BCUT2D eigenvalue weighted by Gasteiger charge is -2.08. The first-order chi connectivity index (χ1) is 18.2. The fourth-order valence-corrected chi connectivity index (χ4v) is 5.94. The smallest absolute Gasteiger partial charge is 0.234 e. The maximum Gasteiger partial charge on any atom is 0.258 e. The Balaban J connectivity index is 2.00. The van der Waals surface area contributed by atoms with Crippen LogP contribution < -0.4 is 4.57 Å². The van der Waals surface area contributed by atoms with E-state index in [4.69, 9.17) is 0 Å². The number of unbranched alkanes of at least 4 members (excludes halogenated alkanes) is 23. The largest absolute Gasteiger partial charge is 0.258 e.